The van der Waals surface area contributed by atoms with E-state index >= 15 is 0 Å². The summed E-state index contributed by atoms with van der Waals surface area (Å²) in [7, 11) is 1.55. The van der Waals surface area contributed by atoms with E-state index in [1.165, 1.54) is 10.9 Å². The molecule has 8 nitrogen and oxygen atoms in total. The highest BCUT2D eigenvalue weighted by Crippen LogP contribution is 2.20. The number of furan rings is 2. The van der Waals surface area contributed by atoms with Crippen LogP contribution in [0.3, 0.4) is 0 Å². The Morgan fingerprint density at radius 2 is 2.28 bits per heavy atom. The molecule has 132 valence electrons. The van der Waals surface area contributed by atoms with Gasteiger partial charge in [-0.2, -0.15) is 0 Å². The number of fused-ring (bicyclic) bond motifs is 1. The zero-order valence-corrected chi connectivity index (χ0v) is 14.1. The second-order valence-electron chi connectivity index (χ2n) is 5.53. The third kappa shape index (κ3) is 3.48. The van der Waals surface area contributed by atoms with Gasteiger partial charge < -0.3 is 18.9 Å². The number of aromatic nitrogens is 2. The summed E-state index contributed by atoms with van der Waals surface area (Å²) in [4.78, 5) is 29.3. The number of nitrogens with zero attached hydrogens (tertiary/aromatic N) is 2. The molecule has 0 aliphatic heterocycles. The molecular weight excluding hydrogens is 326 g/mol. The predicted octanol–water partition coefficient (Wildman–Crippen LogP) is 1.51. The van der Waals surface area contributed by atoms with Crippen molar-refractivity contribution >= 4 is 17.0 Å². The van der Waals surface area contributed by atoms with Crippen LogP contribution >= 0.6 is 0 Å². The molecule has 1 amide bonds. The Kier molecular flexibility index (Phi) is 4.99. The lowest BCUT2D eigenvalue weighted by molar-refractivity contribution is 0.0953. The zero-order valence-electron chi connectivity index (χ0n) is 14.1. The molecule has 25 heavy (non-hydrogen) atoms. The van der Waals surface area contributed by atoms with Crippen molar-refractivity contribution in [2.24, 2.45) is 0 Å². The Labute approximate surface area is 143 Å². The second-order valence-corrected chi connectivity index (χ2v) is 5.53. The second kappa shape index (κ2) is 7.35. The average Bonchev–Trinajstić information content (AvgIpc) is 3.21. The molecule has 3 heterocycles. The first-order valence-electron chi connectivity index (χ1n) is 7.90. The minimum atomic E-state index is -0.369. The molecular formula is C17H19N3O5. The van der Waals surface area contributed by atoms with E-state index in [0.717, 1.165) is 5.76 Å². The van der Waals surface area contributed by atoms with Crippen molar-refractivity contribution in [3.63, 3.8) is 0 Å². The molecule has 3 aromatic heterocycles. The van der Waals surface area contributed by atoms with Crippen molar-refractivity contribution in [2.45, 2.75) is 19.9 Å². The largest absolute Gasteiger partial charge is 0.469 e. The lowest BCUT2D eigenvalue weighted by atomic mass is 10.1. The first kappa shape index (κ1) is 17.0. The topological polar surface area (TPSA) is 99.5 Å². The van der Waals surface area contributed by atoms with Crippen LogP contribution in [0.15, 0.2) is 38.4 Å². The van der Waals surface area contributed by atoms with Gasteiger partial charge >= 0.3 is 0 Å². The van der Waals surface area contributed by atoms with E-state index in [2.05, 4.69) is 10.3 Å². The zero-order chi connectivity index (χ0) is 17.8. The maximum absolute atomic E-state index is 12.6. The number of aryl methyl sites for hydroxylation is 1. The summed E-state index contributed by atoms with van der Waals surface area (Å²) in [5.74, 6) is 0.767. The Morgan fingerprint density at radius 1 is 1.44 bits per heavy atom. The normalized spacial score (nSPS) is 11.1. The molecule has 3 rings (SSSR count). The van der Waals surface area contributed by atoms with Gasteiger partial charge in [0, 0.05) is 20.1 Å². The number of hydrogen-bond donors (Lipinski definition) is 1. The summed E-state index contributed by atoms with van der Waals surface area (Å²) in [6, 6.07) is 3.63. The number of ether oxygens (including phenoxy) is 1. The van der Waals surface area contributed by atoms with Crippen molar-refractivity contribution in [3.8, 4) is 0 Å². The number of carbonyl (C=O) groups is 1. The van der Waals surface area contributed by atoms with Gasteiger partial charge in [-0.05, 0) is 19.1 Å². The van der Waals surface area contributed by atoms with Gasteiger partial charge in [-0.1, -0.05) is 0 Å². The van der Waals surface area contributed by atoms with Crippen LogP contribution in [-0.2, 0) is 17.7 Å². The van der Waals surface area contributed by atoms with E-state index in [9.17, 15) is 9.59 Å². The molecule has 0 bridgehead atoms. The Morgan fingerprint density at radius 3 is 3.00 bits per heavy atom. The molecule has 0 atom stereocenters. The Hall–Kier alpha value is -2.87. The monoisotopic (exact) mass is 345 g/mol. The molecule has 0 unspecified atom stereocenters. The number of carbonyl (C=O) groups excluding carboxylic acids is 1. The third-order valence-electron chi connectivity index (χ3n) is 3.86. The fraction of sp³-hybridized carbons (Fsp3) is 0.353. The van der Waals surface area contributed by atoms with Crippen molar-refractivity contribution in [1.29, 1.82) is 0 Å². The standard InChI is InChI=1S/C17H19N3O5/c1-11-13(15(21)18-6-5-12-4-3-8-24-12)14-16(25-11)19-10-20(17(14)22)7-9-23-2/h3-4,8,10H,5-7,9H2,1-2H3,(H,18,21). The smallest absolute Gasteiger partial charge is 0.265 e. The molecule has 3 aromatic rings. The fourth-order valence-electron chi connectivity index (χ4n) is 2.60. The maximum atomic E-state index is 12.6. The highest BCUT2D eigenvalue weighted by atomic mass is 16.5. The van der Waals surface area contributed by atoms with Crippen LogP contribution in [0.1, 0.15) is 21.9 Å². The maximum Gasteiger partial charge on any atom is 0.265 e. The van der Waals surface area contributed by atoms with E-state index in [1.54, 1.807) is 26.4 Å². The van der Waals surface area contributed by atoms with Crippen LogP contribution in [0, 0.1) is 6.92 Å². The SMILES string of the molecule is COCCn1cnc2oc(C)c(C(=O)NCCc3ccco3)c2c1=O. The molecule has 0 fully saturated rings. The van der Waals surface area contributed by atoms with Gasteiger partial charge in [0.1, 0.15) is 23.2 Å². The van der Waals surface area contributed by atoms with Gasteiger partial charge in [0.05, 0.1) is 25.0 Å². The summed E-state index contributed by atoms with van der Waals surface area (Å²) >= 11 is 0. The Bertz CT molecular complexity index is 924. The molecule has 8 heteroatoms. The number of methoxy groups -OCH3 is 1. The predicted molar refractivity (Wildman–Crippen MR) is 89.6 cm³/mol. The van der Waals surface area contributed by atoms with E-state index < -0.39 is 0 Å². The van der Waals surface area contributed by atoms with Crippen molar-refractivity contribution < 1.29 is 18.4 Å². The summed E-state index contributed by atoms with van der Waals surface area (Å²) in [5, 5.41) is 2.97. The number of hydrogen-bond acceptors (Lipinski definition) is 6. The molecule has 0 spiro atoms. The van der Waals surface area contributed by atoms with Gasteiger partial charge in [0.15, 0.2) is 0 Å². The van der Waals surface area contributed by atoms with E-state index in [1.807, 2.05) is 6.07 Å². The minimum Gasteiger partial charge on any atom is -0.469 e. The van der Waals surface area contributed by atoms with Crippen molar-refractivity contribution in [1.82, 2.24) is 14.9 Å². The minimum absolute atomic E-state index is 0.160. The van der Waals surface area contributed by atoms with Crippen LogP contribution in [0.4, 0.5) is 0 Å². The van der Waals surface area contributed by atoms with Gasteiger partial charge in [-0.3, -0.25) is 14.2 Å². The molecule has 0 aliphatic carbocycles. The van der Waals surface area contributed by atoms with Crippen LogP contribution in [0.2, 0.25) is 0 Å². The average molecular weight is 345 g/mol. The van der Waals surface area contributed by atoms with Crippen LogP contribution in [0.5, 0.6) is 0 Å². The van der Waals surface area contributed by atoms with Gasteiger partial charge in [0.2, 0.25) is 5.71 Å². The van der Waals surface area contributed by atoms with Gasteiger partial charge in [-0.15, -0.1) is 0 Å². The van der Waals surface area contributed by atoms with E-state index in [-0.39, 0.29) is 28.1 Å². The van der Waals surface area contributed by atoms with Gasteiger partial charge in [0.25, 0.3) is 11.5 Å². The van der Waals surface area contributed by atoms with E-state index in [0.29, 0.717) is 31.9 Å². The highest BCUT2D eigenvalue weighted by molar-refractivity contribution is 6.06. The quantitative estimate of drug-likeness (QED) is 0.697. The van der Waals surface area contributed by atoms with Crippen molar-refractivity contribution in [2.75, 3.05) is 20.3 Å². The summed E-state index contributed by atoms with van der Waals surface area (Å²) < 4.78 is 17.1. The lowest BCUT2D eigenvalue weighted by Crippen LogP contribution is -2.28. The van der Waals surface area contributed by atoms with Crippen molar-refractivity contribution in [3.05, 3.63) is 52.2 Å². The number of amides is 1. The van der Waals surface area contributed by atoms with Crippen LogP contribution in [-0.4, -0.2) is 35.7 Å². The fourth-order valence-corrected chi connectivity index (χ4v) is 2.60. The third-order valence-corrected chi connectivity index (χ3v) is 3.86. The number of nitrogens with one attached hydrogen (secondary N) is 1. The summed E-state index contributed by atoms with van der Waals surface area (Å²) in [5.41, 5.74) is 0.0566. The van der Waals surface area contributed by atoms with Crippen LogP contribution in [0.25, 0.3) is 11.1 Å². The molecule has 0 aromatic carbocycles. The molecule has 1 N–H and O–H groups in total. The first-order valence-corrected chi connectivity index (χ1v) is 7.90. The number of rotatable bonds is 7. The highest BCUT2D eigenvalue weighted by Gasteiger charge is 2.22. The lowest BCUT2D eigenvalue weighted by Gasteiger charge is -2.05. The summed E-state index contributed by atoms with van der Waals surface area (Å²) in [6.07, 6.45) is 3.54. The van der Waals surface area contributed by atoms with Crippen LogP contribution < -0.4 is 10.9 Å². The molecule has 0 saturated carbocycles. The molecule has 0 radical (unpaired) electrons. The molecule has 0 saturated heterocycles. The summed E-state index contributed by atoms with van der Waals surface area (Å²) in [6.45, 7) is 2.75. The van der Waals surface area contributed by atoms with E-state index in [4.69, 9.17) is 13.6 Å². The first-order chi connectivity index (χ1) is 12.1. The molecule has 0 aliphatic rings. The van der Waals surface area contributed by atoms with Gasteiger partial charge in [-0.25, -0.2) is 4.98 Å². The Balaban J connectivity index is 1.85.